The zero-order valence-corrected chi connectivity index (χ0v) is 25.2. The molecule has 3 aromatic heterocycles. The van der Waals surface area contributed by atoms with Crippen LogP contribution < -0.4 is 15.4 Å². The normalized spacial score (nSPS) is 16.0. The highest BCUT2D eigenvalue weighted by atomic mass is 16.5. The number of aliphatic carboxylic acids is 1. The first-order valence-electron chi connectivity index (χ1n) is 15.2. The lowest BCUT2D eigenvalue weighted by atomic mass is 9.75. The van der Waals surface area contributed by atoms with Crippen molar-refractivity contribution in [2.75, 3.05) is 11.9 Å². The molecule has 4 aromatic rings. The van der Waals surface area contributed by atoms with Crippen LogP contribution in [-0.4, -0.2) is 59.5 Å². The number of hydrogen-bond acceptors (Lipinski definition) is 8. The van der Waals surface area contributed by atoms with Gasteiger partial charge in [0.05, 0.1) is 18.5 Å². The van der Waals surface area contributed by atoms with Gasteiger partial charge in [0.15, 0.2) is 5.82 Å². The van der Waals surface area contributed by atoms with Crippen molar-refractivity contribution in [2.45, 2.75) is 63.3 Å². The number of carbonyl (C=O) groups is 3. The summed E-state index contributed by atoms with van der Waals surface area (Å²) in [5.74, 6) is -1.21. The number of hydrogen-bond donors (Lipinski definition) is 3. The molecule has 3 N–H and O–H groups in total. The minimum atomic E-state index is -1.13. The maximum Gasteiger partial charge on any atom is 0.328 e. The molecule has 232 valence electrons. The molecule has 2 saturated carbocycles. The van der Waals surface area contributed by atoms with Crippen molar-refractivity contribution in [3.63, 3.8) is 0 Å². The van der Waals surface area contributed by atoms with Gasteiger partial charge in [0.25, 0.3) is 11.8 Å². The number of anilines is 1. The van der Waals surface area contributed by atoms with Crippen molar-refractivity contribution in [1.82, 2.24) is 29.8 Å². The van der Waals surface area contributed by atoms with Gasteiger partial charge in [-0.1, -0.05) is 18.9 Å². The largest absolute Gasteiger partial charge is 0.478 e. The standard InChI is InChI=1S/C33H35N7O5/c1-3-45-31-24(11-12-27(41)42)36-18-26(37-31)38-32(44)33(13-6-14-33)39-30(43)21-9-10-23-25(15-21)40(2)29(22-16-34-19-35-17-22)28(23)20-7-4-5-8-20/h9-12,15-20H,3-8,13-14H2,1-2H3,(H,39,43)(H,41,42)(H,37,38,44)/b12-11+. The van der Waals surface area contributed by atoms with Gasteiger partial charge in [-0.25, -0.2) is 19.7 Å². The molecule has 2 amide bonds. The summed E-state index contributed by atoms with van der Waals surface area (Å²) < 4.78 is 7.63. The molecule has 3 heterocycles. The number of fused-ring (bicyclic) bond motifs is 1. The van der Waals surface area contributed by atoms with Gasteiger partial charge in [0, 0.05) is 47.5 Å². The van der Waals surface area contributed by atoms with Crippen LogP contribution in [0.5, 0.6) is 5.88 Å². The van der Waals surface area contributed by atoms with Crippen molar-refractivity contribution < 1.29 is 24.2 Å². The number of benzene rings is 1. The van der Waals surface area contributed by atoms with Crippen LogP contribution in [0.25, 0.3) is 28.2 Å². The fourth-order valence-electron chi connectivity index (χ4n) is 6.42. The Hall–Kier alpha value is -5.13. The van der Waals surface area contributed by atoms with Crippen molar-refractivity contribution in [3.8, 4) is 17.1 Å². The molecule has 0 atom stereocenters. The fourth-order valence-corrected chi connectivity index (χ4v) is 6.42. The van der Waals surface area contributed by atoms with Crippen molar-refractivity contribution >= 4 is 40.6 Å². The van der Waals surface area contributed by atoms with Gasteiger partial charge in [-0.05, 0) is 68.7 Å². The van der Waals surface area contributed by atoms with E-state index in [1.807, 2.05) is 37.6 Å². The highest BCUT2D eigenvalue weighted by molar-refractivity contribution is 6.06. The van der Waals surface area contributed by atoms with E-state index in [4.69, 9.17) is 9.84 Å². The second-order valence-electron chi connectivity index (χ2n) is 11.6. The van der Waals surface area contributed by atoms with Gasteiger partial charge in [-0.15, -0.1) is 0 Å². The number of nitrogens with one attached hydrogen (secondary N) is 2. The van der Waals surface area contributed by atoms with E-state index in [9.17, 15) is 14.4 Å². The third-order valence-electron chi connectivity index (χ3n) is 8.77. The number of rotatable bonds is 10. The zero-order valence-electron chi connectivity index (χ0n) is 25.2. The summed E-state index contributed by atoms with van der Waals surface area (Å²) in [4.78, 5) is 55.2. The summed E-state index contributed by atoms with van der Waals surface area (Å²) in [5.41, 5.74) is 3.81. The van der Waals surface area contributed by atoms with Gasteiger partial charge in [0.1, 0.15) is 17.6 Å². The molecule has 2 fully saturated rings. The molecular formula is C33H35N7O5. The first kappa shape index (κ1) is 29.9. The molecule has 0 unspecified atom stereocenters. The number of carboxylic acid groups (broad SMARTS) is 1. The predicted octanol–water partition coefficient (Wildman–Crippen LogP) is 4.87. The van der Waals surface area contributed by atoms with Gasteiger partial charge in [-0.2, -0.15) is 4.98 Å². The van der Waals surface area contributed by atoms with E-state index in [1.165, 1.54) is 37.0 Å². The van der Waals surface area contributed by atoms with E-state index in [-0.39, 0.29) is 29.9 Å². The van der Waals surface area contributed by atoms with Crippen molar-refractivity contribution in [1.29, 1.82) is 0 Å². The maximum absolute atomic E-state index is 13.7. The molecule has 6 rings (SSSR count). The number of amides is 2. The Labute approximate surface area is 260 Å². The lowest BCUT2D eigenvalue weighted by molar-refractivity contribution is -0.131. The average molecular weight is 610 g/mol. The molecular weight excluding hydrogens is 574 g/mol. The van der Waals surface area contributed by atoms with Crippen LogP contribution in [0.15, 0.2) is 49.2 Å². The first-order chi connectivity index (χ1) is 21.8. The molecule has 0 radical (unpaired) electrons. The molecule has 12 heteroatoms. The Kier molecular flexibility index (Phi) is 8.29. The summed E-state index contributed by atoms with van der Waals surface area (Å²) in [7, 11) is 2.01. The zero-order chi connectivity index (χ0) is 31.6. The summed E-state index contributed by atoms with van der Waals surface area (Å²) in [6.45, 7) is 2.03. The second-order valence-corrected chi connectivity index (χ2v) is 11.6. The minimum Gasteiger partial charge on any atom is -0.478 e. The summed E-state index contributed by atoms with van der Waals surface area (Å²) >= 11 is 0. The summed E-state index contributed by atoms with van der Waals surface area (Å²) in [6.07, 6.45) is 15.1. The Morgan fingerprint density at radius 1 is 1.11 bits per heavy atom. The van der Waals surface area contributed by atoms with Crippen LogP contribution in [0.3, 0.4) is 0 Å². The fraction of sp³-hybridized carbons (Fsp3) is 0.364. The molecule has 0 aliphatic heterocycles. The molecule has 2 aliphatic rings. The number of carboxylic acids is 1. The molecule has 0 spiro atoms. The third kappa shape index (κ3) is 5.87. The SMILES string of the molecule is CCOc1nc(NC(=O)C2(NC(=O)c3ccc4c(C5CCCC5)c(-c5cncnc5)n(C)c4c3)CCC2)cnc1/C=C/C(=O)O. The van der Waals surface area contributed by atoms with Crippen LogP contribution in [0.2, 0.25) is 0 Å². The average Bonchev–Trinajstić information content (AvgIpc) is 3.65. The Morgan fingerprint density at radius 3 is 2.53 bits per heavy atom. The first-order valence-corrected chi connectivity index (χ1v) is 15.2. The molecule has 2 aliphatic carbocycles. The quantitative estimate of drug-likeness (QED) is 0.213. The van der Waals surface area contributed by atoms with Gasteiger partial charge >= 0.3 is 5.97 Å². The minimum absolute atomic E-state index is 0.0915. The van der Waals surface area contributed by atoms with Crippen molar-refractivity contribution in [3.05, 3.63) is 66.0 Å². The second kappa shape index (κ2) is 12.5. The lowest BCUT2D eigenvalue weighted by Crippen LogP contribution is -2.61. The molecule has 0 saturated heterocycles. The van der Waals surface area contributed by atoms with E-state index >= 15 is 0 Å². The molecule has 12 nitrogen and oxygen atoms in total. The van der Waals surface area contributed by atoms with E-state index in [2.05, 4.69) is 35.1 Å². The van der Waals surface area contributed by atoms with Crippen LogP contribution in [0, 0.1) is 0 Å². The maximum atomic E-state index is 13.7. The van der Waals surface area contributed by atoms with Crippen LogP contribution >= 0.6 is 0 Å². The van der Waals surface area contributed by atoms with Crippen molar-refractivity contribution in [2.24, 2.45) is 7.05 Å². The van der Waals surface area contributed by atoms with Crippen LogP contribution in [0.1, 0.15) is 79.4 Å². The summed E-state index contributed by atoms with van der Waals surface area (Å²) in [5, 5.41) is 15.8. The number of nitrogens with zero attached hydrogens (tertiary/aromatic N) is 5. The summed E-state index contributed by atoms with van der Waals surface area (Å²) in [6, 6.07) is 5.74. The Morgan fingerprint density at radius 2 is 1.87 bits per heavy atom. The number of aryl methyl sites for hydroxylation is 1. The lowest BCUT2D eigenvalue weighted by Gasteiger charge is -2.40. The molecule has 45 heavy (non-hydrogen) atoms. The van der Waals surface area contributed by atoms with E-state index in [0.717, 1.165) is 47.5 Å². The van der Waals surface area contributed by atoms with E-state index in [1.54, 1.807) is 6.92 Å². The van der Waals surface area contributed by atoms with Gasteiger partial charge < -0.3 is 25.0 Å². The van der Waals surface area contributed by atoms with Crippen LogP contribution in [-0.2, 0) is 16.6 Å². The van der Waals surface area contributed by atoms with E-state index in [0.29, 0.717) is 24.3 Å². The highest BCUT2D eigenvalue weighted by Gasteiger charge is 2.46. The monoisotopic (exact) mass is 609 g/mol. The highest BCUT2D eigenvalue weighted by Crippen LogP contribution is 2.44. The number of ether oxygens (including phenoxy) is 1. The molecule has 1 aromatic carbocycles. The van der Waals surface area contributed by atoms with Crippen LogP contribution in [0.4, 0.5) is 5.82 Å². The van der Waals surface area contributed by atoms with E-state index < -0.39 is 17.4 Å². The smallest absolute Gasteiger partial charge is 0.328 e. The predicted molar refractivity (Wildman–Crippen MR) is 168 cm³/mol. The van der Waals surface area contributed by atoms with Gasteiger partial charge in [0.2, 0.25) is 5.88 Å². The number of carbonyl (C=O) groups excluding carboxylic acids is 2. The topological polar surface area (TPSA) is 161 Å². The Bertz CT molecular complexity index is 1790. The Balaban J connectivity index is 1.26. The molecule has 0 bridgehead atoms. The third-order valence-corrected chi connectivity index (χ3v) is 8.77. The van der Waals surface area contributed by atoms with Gasteiger partial charge in [-0.3, -0.25) is 9.59 Å². The number of aromatic nitrogens is 5.